The van der Waals surface area contributed by atoms with Crippen molar-refractivity contribution in [2.24, 2.45) is 5.10 Å². The molecule has 0 unspecified atom stereocenters. The predicted octanol–water partition coefficient (Wildman–Crippen LogP) is 3.36. The quantitative estimate of drug-likeness (QED) is 0.291. The number of hydrogen-bond donors (Lipinski definition) is 2. The SMILES string of the molecule is Nc1nonc1-c1nc2ccccc2n1CC(=O)N/N=C/c1ccc(-c2ccc(F)cc2F)o1. The fourth-order valence-corrected chi connectivity index (χ4v) is 3.37. The summed E-state index contributed by atoms with van der Waals surface area (Å²) in [6, 6.07) is 13.4. The van der Waals surface area contributed by atoms with Gasteiger partial charge < -0.3 is 14.7 Å². The Labute approximate surface area is 189 Å². The Bertz CT molecular complexity index is 1540. The summed E-state index contributed by atoms with van der Waals surface area (Å²) in [7, 11) is 0. The average molecular weight is 463 g/mol. The molecule has 170 valence electrons. The van der Waals surface area contributed by atoms with Crippen molar-refractivity contribution in [2.75, 3.05) is 5.73 Å². The van der Waals surface area contributed by atoms with E-state index in [0.29, 0.717) is 16.9 Å². The maximum atomic E-state index is 13.9. The Kier molecular flexibility index (Phi) is 5.30. The van der Waals surface area contributed by atoms with E-state index in [-0.39, 0.29) is 35.1 Å². The van der Waals surface area contributed by atoms with Gasteiger partial charge in [-0.25, -0.2) is 23.8 Å². The van der Waals surface area contributed by atoms with Crippen molar-refractivity contribution in [1.29, 1.82) is 0 Å². The van der Waals surface area contributed by atoms with E-state index in [4.69, 9.17) is 10.2 Å². The molecule has 3 aromatic heterocycles. The van der Waals surface area contributed by atoms with Gasteiger partial charge in [0, 0.05) is 6.07 Å². The molecule has 0 saturated heterocycles. The van der Waals surface area contributed by atoms with Crippen LogP contribution in [-0.4, -0.2) is 32.0 Å². The van der Waals surface area contributed by atoms with Gasteiger partial charge in [0.1, 0.15) is 29.7 Å². The van der Waals surface area contributed by atoms with Crippen molar-refractivity contribution in [3.8, 4) is 22.8 Å². The Morgan fingerprint density at radius 1 is 1.15 bits per heavy atom. The molecule has 5 rings (SSSR count). The number of para-hydroxylation sites is 2. The lowest BCUT2D eigenvalue weighted by Gasteiger charge is -2.06. The van der Waals surface area contributed by atoms with E-state index in [1.807, 2.05) is 12.1 Å². The zero-order valence-corrected chi connectivity index (χ0v) is 17.3. The molecule has 3 heterocycles. The van der Waals surface area contributed by atoms with E-state index in [0.717, 1.165) is 12.1 Å². The predicted molar refractivity (Wildman–Crippen MR) is 117 cm³/mol. The molecule has 5 aromatic rings. The summed E-state index contributed by atoms with van der Waals surface area (Å²) in [6.07, 6.45) is 1.26. The van der Waals surface area contributed by atoms with Gasteiger partial charge in [0.2, 0.25) is 0 Å². The highest BCUT2D eigenvalue weighted by Crippen LogP contribution is 2.27. The number of imidazole rings is 1. The second-order valence-corrected chi connectivity index (χ2v) is 7.13. The van der Waals surface area contributed by atoms with Crippen molar-refractivity contribution >= 4 is 29.0 Å². The molecule has 1 amide bonds. The summed E-state index contributed by atoms with van der Waals surface area (Å²) in [4.78, 5) is 17.0. The van der Waals surface area contributed by atoms with E-state index in [2.05, 4.69) is 30.5 Å². The highest BCUT2D eigenvalue weighted by molar-refractivity contribution is 5.86. The normalized spacial score (nSPS) is 11.5. The third-order valence-corrected chi connectivity index (χ3v) is 4.89. The van der Waals surface area contributed by atoms with Gasteiger partial charge in [-0.1, -0.05) is 12.1 Å². The van der Waals surface area contributed by atoms with E-state index in [1.54, 1.807) is 16.7 Å². The molecule has 0 radical (unpaired) electrons. The lowest BCUT2D eigenvalue weighted by molar-refractivity contribution is -0.121. The Balaban J connectivity index is 1.32. The number of furan rings is 1. The maximum Gasteiger partial charge on any atom is 0.260 e. The number of nitrogen functional groups attached to an aromatic ring is 1. The molecule has 0 aliphatic carbocycles. The molecule has 12 heteroatoms. The number of hydrogen-bond acceptors (Lipinski definition) is 8. The van der Waals surface area contributed by atoms with Crippen LogP contribution in [0.5, 0.6) is 0 Å². The first-order chi connectivity index (χ1) is 16.5. The number of halogens is 2. The molecular formula is C22H15F2N7O3. The van der Waals surface area contributed by atoms with Crippen LogP contribution in [0, 0.1) is 11.6 Å². The molecule has 0 aliphatic heterocycles. The number of nitrogens with one attached hydrogen (secondary N) is 1. The zero-order valence-electron chi connectivity index (χ0n) is 17.3. The summed E-state index contributed by atoms with van der Waals surface area (Å²) in [5, 5.41) is 11.2. The van der Waals surface area contributed by atoms with Crippen LogP contribution in [0.25, 0.3) is 33.9 Å². The smallest absolute Gasteiger partial charge is 0.260 e. The number of rotatable bonds is 6. The molecular weight excluding hydrogens is 448 g/mol. The van der Waals surface area contributed by atoms with Crippen LogP contribution in [0.3, 0.4) is 0 Å². The standard InChI is InChI=1S/C22H15F2N7O3/c23-12-5-7-14(15(24)9-12)18-8-6-13(33-18)10-26-28-19(32)11-31-17-4-2-1-3-16(17)27-22(31)20-21(25)30-34-29-20/h1-10H,11H2,(H2,25,30)(H,28,32)/b26-10+. The molecule has 3 N–H and O–H groups in total. The third-order valence-electron chi connectivity index (χ3n) is 4.89. The van der Waals surface area contributed by atoms with Gasteiger partial charge in [-0.05, 0) is 46.7 Å². The summed E-state index contributed by atoms with van der Waals surface area (Å²) in [6.45, 7) is -0.149. The fraction of sp³-hybridized carbons (Fsp3) is 0.0455. The van der Waals surface area contributed by atoms with E-state index >= 15 is 0 Å². The second kappa shape index (κ2) is 8.58. The molecule has 0 bridgehead atoms. The van der Waals surface area contributed by atoms with Crippen LogP contribution in [0.1, 0.15) is 5.76 Å². The molecule has 2 aromatic carbocycles. The summed E-state index contributed by atoms with van der Waals surface area (Å²) >= 11 is 0. The molecule has 0 aliphatic rings. The minimum absolute atomic E-state index is 0.0428. The number of aromatic nitrogens is 4. The monoisotopic (exact) mass is 463 g/mol. The van der Waals surface area contributed by atoms with Gasteiger partial charge in [0.05, 0.1) is 22.8 Å². The van der Waals surface area contributed by atoms with Crippen molar-refractivity contribution in [3.63, 3.8) is 0 Å². The van der Waals surface area contributed by atoms with Crippen LogP contribution >= 0.6 is 0 Å². The second-order valence-electron chi connectivity index (χ2n) is 7.13. The first-order valence-corrected chi connectivity index (χ1v) is 9.90. The topological polar surface area (TPSA) is 137 Å². The van der Waals surface area contributed by atoms with E-state index < -0.39 is 17.5 Å². The number of hydrazone groups is 1. The number of carbonyl (C=O) groups is 1. The minimum atomic E-state index is -0.752. The number of benzene rings is 2. The number of carbonyl (C=O) groups excluding carboxylic acids is 1. The minimum Gasteiger partial charge on any atom is -0.455 e. The number of fused-ring (bicyclic) bond motifs is 1. The van der Waals surface area contributed by atoms with Crippen molar-refractivity contribution in [1.82, 2.24) is 25.3 Å². The fourth-order valence-electron chi connectivity index (χ4n) is 3.37. The summed E-state index contributed by atoms with van der Waals surface area (Å²) < 4.78 is 38.8. The van der Waals surface area contributed by atoms with Gasteiger partial charge in [0.25, 0.3) is 5.91 Å². The van der Waals surface area contributed by atoms with E-state index in [9.17, 15) is 13.6 Å². The lowest BCUT2D eigenvalue weighted by atomic mass is 10.1. The highest BCUT2D eigenvalue weighted by atomic mass is 19.1. The Hall–Kier alpha value is -4.87. The van der Waals surface area contributed by atoms with Crippen LogP contribution in [-0.2, 0) is 11.3 Å². The first-order valence-electron chi connectivity index (χ1n) is 9.90. The molecule has 0 atom stereocenters. The maximum absolute atomic E-state index is 13.9. The number of amides is 1. The highest BCUT2D eigenvalue weighted by Gasteiger charge is 2.20. The van der Waals surface area contributed by atoms with E-state index in [1.165, 1.54) is 24.4 Å². The van der Waals surface area contributed by atoms with Crippen molar-refractivity contribution < 1.29 is 22.6 Å². The summed E-state index contributed by atoms with van der Waals surface area (Å²) in [5.41, 5.74) is 9.82. The van der Waals surface area contributed by atoms with Gasteiger partial charge in [0.15, 0.2) is 17.3 Å². The van der Waals surface area contributed by atoms with Crippen LogP contribution in [0.4, 0.5) is 14.6 Å². The average Bonchev–Trinajstić information content (AvgIpc) is 3.53. The molecule has 34 heavy (non-hydrogen) atoms. The van der Waals surface area contributed by atoms with Crippen LogP contribution in [0.15, 0.2) is 68.7 Å². The van der Waals surface area contributed by atoms with Crippen LogP contribution < -0.4 is 11.2 Å². The zero-order chi connectivity index (χ0) is 23.7. The lowest BCUT2D eigenvalue weighted by Crippen LogP contribution is -2.23. The van der Waals surface area contributed by atoms with Gasteiger partial charge >= 0.3 is 0 Å². The summed E-state index contributed by atoms with van der Waals surface area (Å²) in [5.74, 6) is -1.09. The number of nitrogens with two attached hydrogens (primary N) is 1. The van der Waals surface area contributed by atoms with Crippen molar-refractivity contribution in [2.45, 2.75) is 6.54 Å². The number of nitrogens with zero attached hydrogens (tertiary/aromatic N) is 5. The molecule has 0 saturated carbocycles. The third kappa shape index (κ3) is 3.99. The van der Waals surface area contributed by atoms with Gasteiger partial charge in [-0.2, -0.15) is 5.10 Å². The molecule has 0 spiro atoms. The molecule has 0 fully saturated rings. The number of anilines is 1. The van der Waals surface area contributed by atoms with Crippen molar-refractivity contribution in [3.05, 3.63) is 72.0 Å². The first kappa shape index (κ1) is 21.0. The Morgan fingerprint density at radius 2 is 2.00 bits per heavy atom. The largest absolute Gasteiger partial charge is 0.455 e. The molecule has 10 nitrogen and oxygen atoms in total. The van der Waals surface area contributed by atoms with Gasteiger partial charge in [-0.15, -0.1) is 0 Å². The Morgan fingerprint density at radius 3 is 2.79 bits per heavy atom. The van der Waals surface area contributed by atoms with Gasteiger partial charge in [-0.3, -0.25) is 4.79 Å². The van der Waals surface area contributed by atoms with Crippen LogP contribution in [0.2, 0.25) is 0 Å².